The fraction of sp³-hybridized carbons (Fsp3) is 0.0345. The van der Waals surface area contributed by atoms with Gasteiger partial charge in [0, 0.05) is 5.69 Å². The van der Waals surface area contributed by atoms with E-state index in [2.05, 4.69) is 21.2 Å². The number of carbonyl (C=O) groups excluding carboxylic acids is 3. The van der Waals surface area contributed by atoms with Gasteiger partial charge in [-0.15, -0.1) is 0 Å². The monoisotopic (exact) mass is 492 g/mol. The largest absolute Gasteiger partial charge is 0.457 e. The second-order valence-corrected chi connectivity index (χ2v) is 8.01. The second-order valence-electron chi connectivity index (χ2n) is 8.01. The van der Waals surface area contributed by atoms with Gasteiger partial charge in [0.1, 0.15) is 11.5 Å². The highest BCUT2D eigenvalue weighted by molar-refractivity contribution is 6.40. The van der Waals surface area contributed by atoms with Crippen molar-refractivity contribution in [3.63, 3.8) is 0 Å². The molecule has 8 heteroatoms. The third-order valence-electron chi connectivity index (χ3n) is 5.15. The molecule has 0 heterocycles. The van der Waals surface area contributed by atoms with Crippen molar-refractivity contribution in [1.29, 1.82) is 0 Å². The number of aryl methyl sites for hydroxylation is 1. The number of para-hydroxylation sites is 2. The third-order valence-corrected chi connectivity index (χ3v) is 5.15. The van der Waals surface area contributed by atoms with Gasteiger partial charge in [0.25, 0.3) is 5.91 Å². The first kappa shape index (κ1) is 24.9. The minimum Gasteiger partial charge on any atom is -0.457 e. The molecule has 0 unspecified atom stereocenters. The van der Waals surface area contributed by atoms with E-state index in [1.807, 2.05) is 49.4 Å². The molecule has 0 fully saturated rings. The molecule has 0 bridgehead atoms. The number of amides is 3. The Bertz CT molecular complexity index is 1430. The zero-order valence-corrected chi connectivity index (χ0v) is 20.0. The van der Waals surface area contributed by atoms with Gasteiger partial charge in [-0.05, 0) is 61.0 Å². The summed E-state index contributed by atoms with van der Waals surface area (Å²) < 4.78 is 5.78. The van der Waals surface area contributed by atoms with E-state index in [1.54, 1.807) is 54.6 Å². The highest BCUT2D eigenvalue weighted by Gasteiger charge is 2.17. The summed E-state index contributed by atoms with van der Waals surface area (Å²) in [5.74, 6) is -1.08. The number of hydrazone groups is 1. The molecule has 0 aliphatic heterocycles. The molecule has 0 saturated carbocycles. The molecule has 184 valence electrons. The summed E-state index contributed by atoms with van der Waals surface area (Å²) in [6.45, 7) is 1.95. The van der Waals surface area contributed by atoms with E-state index in [9.17, 15) is 14.4 Å². The first-order chi connectivity index (χ1) is 18.0. The fourth-order valence-corrected chi connectivity index (χ4v) is 3.30. The number of anilines is 2. The standard InChI is InChI=1S/C29H24N4O4/c1-20-14-16-22(17-15-20)31-27(34)25-12-5-6-13-26(25)32-28(35)29(36)33-30-19-21-8-7-11-24(18-21)37-23-9-3-2-4-10-23/h2-19H,1H3,(H,31,34)(H,32,35)(H,33,36)/b30-19-. The minimum atomic E-state index is -0.985. The number of hydrogen-bond acceptors (Lipinski definition) is 5. The number of benzene rings is 4. The molecule has 0 spiro atoms. The van der Waals surface area contributed by atoms with Gasteiger partial charge in [0.2, 0.25) is 0 Å². The zero-order chi connectivity index (χ0) is 26.0. The van der Waals surface area contributed by atoms with Crippen LogP contribution in [0.4, 0.5) is 11.4 Å². The molecule has 0 aliphatic carbocycles. The predicted octanol–water partition coefficient (Wildman–Crippen LogP) is 5.13. The van der Waals surface area contributed by atoms with Crippen molar-refractivity contribution >= 4 is 35.3 Å². The van der Waals surface area contributed by atoms with E-state index >= 15 is 0 Å². The van der Waals surface area contributed by atoms with E-state index in [1.165, 1.54) is 12.3 Å². The molecule has 4 rings (SSSR count). The van der Waals surface area contributed by atoms with Crippen LogP contribution < -0.4 is 20.8 Å². The quantitative estimate of drug-likeness (QED) is 0.189. The number of rotatable bonds is 7. The third kappa shape index (κ3) is 7.12. The van der Waals surface area contributed by atoms with Crippen LogP contribution in [0, 0.1) is 6.92 Å². The maximum atomic E-state index is 12.7. The van der Waals surface area contributed by atoms with Crippen molar-refractivity contribution in [2.24, 2.45) is 5.10 Å². The summed E-state index contributed by atoms with van der Waals surface area (Å²) >= 11 is 0. The van der Waals surface area contributed by atoms with Crippen LogP contribution in [0.2, 0.25) is 0 Å². The second kappa shape index (κ2) is 11.9. The van der Waals surface area contributed by atoms with E-state index in [-0.39, 0.29) is 11.3 Å². The maximum Gasteiger partial charge on any atom is 0.329 e. The lowest BCUT2D eigenvalue weighted by atomic mass is 10.1. The van der Waals surface area contributed by atoms with Gasteiger partial charge >= 0.3 is 11.8 Å². The van der Waals surface area contributed by atoms with Crippen LogP contribution in [0.25, 0.3) is 0 Å². The fourth-order valence-electron chi connectivity index (χ4n) is 3.30. The Kier molecular flexibility index (Phi) is 8.03. The smallest absolute Gasteiger partial charge is 0.329 e. The molecular weight excluding hydrogens is 468 g/mol. The normalized spacial score (nSPS) is 10.5. The summed E-state index contributed by atoms with van der Waals surface area (Å²) in [6, 6.07) is 30.1. The van der Waals surface area contributed by atoms with Crippen LogP contribution in [0.15, 0.2) is 108 Å². The van der Waals surface area contributed by atoms with Crippen molar-refractivity contribution in [3.05, 3.63) is 120 Å². The Hall–Kier alpha value is -5.24. The molecular formula is C29H24N4O4. The first-order valence-corrected chi connectivity index (χ1v) is 11.4. The van der Waals surface area contributed by atoms with Gasteiger partial charge in [-0.2, -0.15) is 5.10 Å². The van der Waals surface area contributed by atoms with Crippen molar-refractivity contribution in [3.8, 4) is 11.5 Å². The van der Waals surface area contributed by atoms with E-state index in [0.29, 0.717) is 22.7 Å². The molecule has 0 aliphatic rings. The average molecular weight is 493 g/mol. The lowest BCUT2D eigenvalue weighted by Gasteiger charge is -2.11. The number of nitrogens with zero attached hydrogens (tertiary/aromatic N) is 1. The minimum absolute atomic E-state index is 0.196. The van der Waals surface area contributed by atoms with Crippen LogP contribution in [0.1, 0.15) is 21.5 Å². The Morgan fingerprint density at radius 1 is 0.730 bits per heavy atom. The number of ether oxygens (including phenoxy) is 1. The first-order valence-electron chi connectivity index (χ1n) is 11.4. The van der Waals surface area contributed by atoms with Crippen molar-refractivity contribution in [2.75, 3.05) is 10.6 Å². The van der Waals surface area contributed by atoms with Gasteiger partial charge in [-0.3, -0.25) is 14.4 Å². The van der Waals surface area contributed by atoms with Crippen LogP contribution in [-0.2, 0) is 9.59 Å². The molecule has 37 heavy (non-hydrogen) atoms. The summed E-state index contributed by atoms with van der Waals surface area (Å²) in [7, 11) is 0. The SMILES string of the molecule is Cc1ccc(NC(=O)c2ccccc2NC(=O)C(=O)N/N=C\c2cccc(Oc3ccccc3)c2)cc1. The van der Waals surface area contributed by atoms with Crippen molar-refractivity contribution < 1.29 is 19.1 Å². The van der Waals surface area contributed by atoms with E-state index < -0.39 is 17.7 Å². The molecule has 4 aromatic carbocycles. The number of carbonyl (C=O) groups is 3. The number of nitrogens with one attached hydrogen (secondary N) is 3. The van der Waals surface area contributed by atoms with Crippen LogP contribution in [0.3, 0.4) is 0 Å². The van der Waals surface area contributed by atoms with Gasteiger partial charge in [0.15, 0.2) is 0 Å². The molecule has 8 nitrogen and oxygen atoms in total. The van der Waals surface area contributed by atoms with Crippen LogP contribution in [0.5, 0.6) is 11.5 Å². The van der Waals surface area contributed by atoms with Gasteiger partial charge in [-0.1, -0.05) is 60.2 Å². The van der Waals surface area contributed by atoms with Crippen molar-refractivity contribution in [2.45, 2.75) is 6.92 Å². The summed E-state index contributed by atoms with van der Waals surface area (Å²) in [4.78, 5) is 37.5. The summed E-state index contributed by atoms with van der Waals surface area (Å²) in [5, 5.41) is 9.09. The highest BCUT2D eigenvalue weighted by atomic mass is 16.5. The Labute approximate surface area is 214 Å². The molecule has 0 atom stereocenters. The molecule has 4 aromatic rings. The predicted molar refractivity (Wildman–Crippen MR) is 143 cm³/mol. The summed E-state index contributed by atoms with van der Waals surface area (Å²) in [5.41, 5.74) is 4.93. The van der Waals surface area contributed by atoms with Gasteiger partial charge in [0.05, 0.1) is 17.5 Å². The van der Waals surface area contributed by atoms with Crippen molar-refractivity contribution in [1.82, 2.24) is 5.43 Å². The van der Waals surface area contributed by atoms with Crippen LogP contribution in [-0.4, -0.2) is 23.9 Å². The highest BCUT2D eigenvalue weighted by Crippen LogP contribution is 2.21. The molecule has 0 radical (unpaired) electrons. The topological polar surface area (TPSA) is 109 Å². The van der Waals surface area contributed by atoms with E-state index in [0.717, 1.165) is 5.56 Å². The Balaban J connectivity index is 1.35. The lowest BCUT2D eigenvalue weighted by Crippen LogP contribution is -2.33. The summed E-state index contributed by atoms with van der Waals surface area (Å²) in [6.07, 6.45) is 1.39. The van der Waals surface area contributed by atoms with Crippen LogP contribution >= 0.6 is 0 Å². The molecule has 3 N–H and O–H groups in total. The molecule has 0 aromatic heterocycles. The zero-order valence-electron chi connectivity index (χ0n) is 20.0. The van der Waals surface area contributed by atoms with Gasteiger partial charge < -0.3 is 15.4 Å². The Morgan fingerprint density at radius 2 is 1.43 bits per heavy atom. The molecule has 0 saturated heterocycles. The molecule has 3 amide bonds. The average Bonchev–Trinajstić information content (AvgIpc) is 2.91. The maximum absolute atomic E-state index is 12.7. The lowest BCUT2D eigenvalue weighted by molar-refractivity contribution is -0.136. The van der Waals surface area contributed by atoms with E-state index in [4.69, 9.17) is 4.74 Å². The Morgan fingerprint density at radius 3 is 2.22 bits per heavy atom. The van der Waals surface area contributed by atoms with Gasteiger partial charge in [-0.25, -0.2) is 5.43 Å². The number of hydrogen-bond donors (Lipinski definition) is 3.